The van der Waals surface area contributed by atoms with E-state index in [0.29, 0.717) is 23.7 Å². The third kappa shape index (κ3) is 4.25. The SMILES string of the molecule is COCc1cccc(C(=O)NCC(c2ccccc2Cl)c2c[nH]c3ccccc23)c1. The van der Waals surface area contributed by atoms with Crippen molar-refractivity contribution in [2.45, 2.75) is 12.5 Å². The zero-order chi connectivity index (χ0) is 20.9. The van der Waals surface area contributed by atoms with E-state index in [1.54, 1.807) is 7.11 Å². The maximum absolute atomic E-state index is 12.9. The molecule has 2 N–H and O–H groups in total. The summed E-state index contributed by atoms with van der Waals surface area (Å²) in [7, 11) is 1.64. The number of amides is 1. The van der Waals surface area contributed by atoms with Gasteiger partial charge in [0, 0.05) is 47.3 Å². The van der Waals surface area contributed by atoms with Gasteiger partial charge in [0.1, 0.15) is 0 Å². The number of rotatable bonds is 7. The van der Waals surface area contributed by atoms with Crippen LogP contribution in [-0.2, 0) is 11.3 Å². The average molecular weight is 419 g/mol. The summed E-state index contributed by atoms with van der Waals surface area (Å²) in [5.41, 5.74) is 4.72. The molecule has 0 saturated carbocycles. The number of H-pyrrole nitrogens is 1. The first-order valence-corrected chi connectivity index (χ1v) is 10.2. The van der Waals surface area contributed by atoms with Crippen LogP contribution in [0.4, 0.5) is 0 Å². The van der Waals surface area contributed by atoms with Gasteiger partial charge < -0.3 is 15.0 Å². The Hall–Kier alpha value is -3.08. The molecule has 4 aromatic rings. The van der Waals surface area contributed by atoms with Gasteiger partial charge in [-0.1, -0.05) is 60.1 Å². The molecule has 0 radical (unpaired) electrons. The molecule has 0 fully saturated rings. The lowest BCUT2D eigenvalue weighted by molar-refractivity contribution is 0.0952. The Morgan fingerprint density at radius 2 is 1.83 bits per heavy atom. The Labute approximate surface area is 180 Å². The van der Waals surface area contributed by atoms with Crippen LogP contribution in [0.25, 0.3) is 10.9 Å². The van der Waals surface area contributed by atoms with E-state index >= 15 is 0 Å². The van der Waals surface area contributed by atoms with Crippen LogP contribution < -0.4 is 5.32 Å². The molecule has 4 nitrogen and oxygen atoms in total. The molecule has 1 amide bonds. The molecule has 0 saturated heterocycles. The van der Waals surface area contributed by atoms with Gasteiger partial charge in [0.15, 0.2) is 0 Å². The van der Waals surface area contributed by atoms with Crippen molar-refractivity contribution < 1.29 is 9.53 Å². The predicted octanol–water partition coefficient (Wildman–Crippen LogP) is 5.53. The molecule has 4 rings (SSSR count). The molecule has 5 heteroatoms. The van der Waals surface area contributed by atoms with Crippen molar-refractivity contribution in [3.63, 3.8) is 0 Å². The number of halogens is 1. The molecule has 1 unspecified atom stereocenters. The van der Waals surface area contributed by atoms with E-state index in [2.05, 4.69) is 16.4 Å². The van der Waals surface area contributed by atoms with Gasteiger partial charge in [-0.2, -0.15) is 0 Å². The van der Waals surface area contributed by atoms with Gasteiger partial charge in [0.05, 0.1) is 6.61 Å². The third-order valence-corrected chi connectivity index (χ3v) is 5.59. The molecule has 0 aliphatic carbocycles. The van der Waals surface area contributed by atoms with Gasteiger partial charge >= 0.3 is 0 Å². The molecule has 1 aromatic heterocycles. The second kappa shape index (κ2) is 9.16. The van der Waals surface area contributed by atoms with Crippen LogP contribution in [0.15, 0.2) is 79.0 Å². The van der Waals surface area contributed by atoms with Crippen molar-refractivity contribution in [2.75, 3.05) is 13.7 Å². The van der Waals surface area contributed by atoms with Crippen molar-refractivity contribution in [1.29, 1.82) is 0 Å². The fraction of sp³-hybridized carbons (Fsp3) is 0.160. The molecule has 3 aromatic carbocycles. The van der Waals surface area contributed by atoms with E-state index in [-0.39, 0.29) is 11.8 Å². The minimum atomic E-state index is -0.121. The van der Waals surface area contributed by atoms with Crippen molar-refractivity contribution >= 4 is 28.4 Å². The molecular weight excluding hydrogens is 396 g/mol. The van der Waals surface area contributed by atoms with Crippen molar-refractivity contribution in [1.82, 2.24) is 10.3 Å². The first-order valence-electron chi connectivity index (χ1n) is 9.84. The van der Waals surface area contributed by atoms with Gasteiger partial charge in [-0.15, -0.1) is 0 Å². The number of fused-ring (bicyclic) bond motifs is 1. The summed E-state index contributed by atoms with van der Waals surface area (Å²) < 4.78 is 5.17. The van der Waals surface area contributed by atoms with E-state index in [4.69, 9.17) is 16.3 Å². The van der Waals surface area contributed by atoms with Crippen molar-refractivity contribution in [3.8, 4) is 0 Å². The number of hydrogen-bond donors (Lipinski definition) is 2. The number of methoxy groups -OCH3 is 1. The normalized spacial score (nSPS) is 12.1. The Balaban J connectivity index is 1.63. The summed E-state index contributed by atoms with van der Waals surface area (Å²) in [6.07, 6.45) is 2.00. The van der Waals surface area contributed by atoms with Gasteiger partial charge in [-0.05, 0) is 41.0 Å². The summed E-state index contributed by atoms with van der Waals surface area (Å²) >= 11 is 6.54. The monoisotopic (exact) mass is 418 g/mol. The standard InChI is InChI=1S/C25H23ClN2O2/c1-30-16-17-7-6-8-18(13-17)25(29)28-15-21(19-9-2-4-11-23(19)26)22-14-27-24-12-5-3-10-20(22)24/h2-14,21,27H,15-16H2,1H3,(H,28,29). The summed E-state index contributed by atoms with van der Waals surface area (Å²) in [6.45, 7) is 0.900. The van der Waals surface area contributed by atoms with Crippen LogP contribution in [0.2, 0.25) is 5.02 Å². The quantitative estimate of drug-likeness (QED) is 0.414. The highest BCUT2D eigenvalue weighted by atomic mass is 35.5. The average Bonchev–Trinajstić information content (AvgIpc) is 3.19. The van der Waals surface area contributed by atoms with Gasteiger partial charge in [0.2, 0.25) is 0 Å². The molecule has 1 atom stereocenters. The molecule has 0 bridgehead atoms. The number of aromatic nitrogens is 1. The summed E-state index contributed by atoms with van der Waals surface area (Å²) in [4.78, 5) is 16.2. The number of carbonyl (C=O) groups is 1. The number of aromatic amines is 1. The van der Waals surface area contributed by atoms with Gasteiger partial charge in [-0.3, -0.25) is 4.79 Å². The first-order chi connectivity index (χ1) is 14.7. The minimum absolute atomic E-state index is 0.0824. The number of ether oxygens (including phenoxy) is 1. The van der Waals surface area contributed by atoms with Crippen LogP contribution >= 0.6 is 11.6 Å². The second-order valence-corrected chi connectivity index (χ2v) is 7.61. The smallest absolute Gasteiger partial charge is 0.251 e. The Morgan fingerprint density at radius 3 is 2.67 bits per heavy atom. The maximum Gasteiger partial charge on any atom is 0.251 e. The van der Waals surface area contributed by atoms with Crippen molar-refractivity contribution in [3.05, 3.63) is 106 Å². The lowest BCUT2D eigenvalue weighted by Gasteiger charge is -2.19. The summed E-state index contributed by atoms with van der Waals surface area (Å²) in [5, 5.41) is 4.90. The van der Waals surface area contributed by atoms with Gasteiger partial charge in [0.25, 0.3) is 5.91 Å². The van der Waals surface area contributed by atoms with E-state index in [0.717, 1.165) is 27.6 Å². The van der Waals surface area contributed by atoms with Crippen molar-refractivity contribution in [2.24, 2.45) is 0 Å². The maximum atomic E-state index is 12.9. The zero-order valence-electron chi connectivity index (χ0n) is 16.7. The Bertz CT molecular complexity index is 1170. The zero-order valence-corrected chi connectivity index (χ0v) is 17.4. The second-order valence-electron chi connectivity index (χ2n) is 7.21. The highest BCUT2D eigenvalue weighted by molar-refractivity contribution is 6.31. The first kappa shape index (κ1) is 20.2. The predicted molar refractivity (Wildman–Crippen MR) is 121 cm³/mol. The van der Waals surface area contributed by atoms with Crippen LogP contribution in [0.1, 0.15) is 33.0 Å². The van der Waals surface area contributed by atoms with Crippen LogP contribution in [0, 0.1) is 0 Å². The molecule has 30 heavy (non-hydrogen) atoms. The molecule has 0 aliphatic rings. The van der Waals surface area contributed by atoms with E-state index < -0.39 is 0 Å². The van der Waals surface area contributed by atoms with Crippen LogP contribution in [0.3, 0.4) is 0 Å². The van der Waals surface area contributed by atoms with Gasteiger partial charge in [-0.25, -0.2) is 0 Å². The van der Waals surface area contributed by atoms with E-state index in [9.17, 15) is 4.79 Å². The highest BCUT2D eigenvalue weighted by Gasteiger charge is 2.21. The molecular formula is C25H23ClN2O2. The Morgan fingerprint density at radius 1 is 1.03 bits per heavy atom. The van der Waals surface area contributed by atoms with Crippen LogP contribution in [0.5, 0.6) is 0 Å². The topological polar surface area (TPSA) is 54.1 Å². The van der Waals surface area contributed by atoms with E-state index in [1.807, 2.05) is 72.9 Å². The fourth-order valence-electron chi connectivity index (χ4n) is 3.79. The number of para-hydroxylation sites is 1. The number of carbonyl (C=O) groups excluding carboxylic acids is 1. The van der Waals surface area contributed by atoms with E-state index in [1.165, 1.54) is 0 Å². The summed E-state index contributed by atoms with van der Waals surface area (Å²) in [5.74, 6) is -0.203. The molecule has 152 valence electrons. The number of benzene rings is 3. The van der Waals surface area contributed by atoms with Crippen LogP contribution in [-0.4, -0.2) is 24.5 Å². The lowest BCUT2D eigenvalue weighted by Crippen LogP contribution is -2.29. The molecule has 1 heterocycles. The molecule has 0 aliphatic heterocycles. The molecule has 0 spiro atoms. The summed E-state index contributed by atoms with van der Waals surface area (Å²) in [6, 6.07) is 23.4. The largest absolute Gasteiger partial charge is 0.380 e. The lowest BCUT2D eigenvalue weighted by atomic mass is 9.90. The number of hydrogen-bond acceptors (Lipinski definition) is 2. The third-order valence-electron chi connectivity index (χ3n) is 5.24. The minimum Gasteiger partial charge on any atom is -0.380 e. The fourth-order valence-corrected chi connectivity index (χ4v) is 4.06. The highest BCUT2D eigenvalue weighted by Crippen LogP contribution is 2.34. The Kier molecular flexibility index (Phi) is 6.17. The number of nitrogens with one attached hydrogen (secondary N) is 2.